The van der Waals surface area contributed by atoms with Crippen molar-refractivity contribution in [3.63, 3.8) is 0 Å². The summed E-state index contributed by atoms with van der Waals surface area (Å²) in [5.41, 5.74) is 13.7. The number of aryl methyl sites for hydroxylation is 1. The smallest absolute Gasteiger partial charge is 0.00783 e. The quantitative estimate of drug-likeness (QED) is 0.825. The monoisotopic (exact) mass is 231 g/mol. The second-order valence-electron chi connectivity index (χ2n) is 5.81. The van der Waals surface area contributed by atoms with E-state index in [1.807, 2.05) is 0 Å². The molecule has 1 aliphatic carbocycles. The Morgan fingerprint density at radius 2 is 1.59 bits per heavy atom. The summed E-state index contributed by atoms with van der Waals surface area (Å²) in [7, 11) is 0. The van der Waals surface area contributed by atoms with E-state index in [0.717, 1.165) is 6.54 Å². The number of nitrogens with two attached hydrogens (primary N) is 1. The van der Waals surface area contributed by atoms with E-state index in [9.17, 15) is 0 Å². The van der Waals surface area contributed by atoms with Crippen LogP contribution in [0.1, 0.15) is 53.5 Å². The molecule has 0 aliphatic heterocycles. The van der Waals surface area contributed by atoms with Crippen LogP contribution in [0.25, 0.3) is 0 Å². The van der Waals surface area contributed by atoms with Crippen molar-refractivity contribution >= 4 is 0 Å². The number of hydrogen-bond acceptors (Lipinski definition) is 1. The van der Waals surface area contributed by atoms with E-state index >= 15 is 0 Å². The van der Waals surface area contributed by atoms with Gasteiger partial charge in [-0.3, -0.25) is 0 Å². The third-order valence-electron chi connectivity index (χ3n) is 5.00. The molecule has 94 valence electrons. The summed E-state index contributed by atoms with van der Waals surface area (Å²) in [6.45, 7) is 9.78. The van der Waals surface area contributed by atoms with E-state index in [1.165, 1.54) is 53.5 Å². The Morgan fingerprint density at radius 3 is 2.12 bits per heavy atom. The fourth-order valence-corrected chi connectivity index (χ4v) is 3.40. The van der Waals surface area contributed by atoms with E-state index < -0.39 is 0 Å². The largest absolute Gasteiger partial charge is 0.330 e. The molecule has 2 N–H and O–H groups in total. The first-order valence-corrected chi connectivity index (χ1v) is 6.80. The van der Waals surface area contributed by atoms with Crippen LogP contribution >= 0.6 is 0 Å². The minimum Gasteiger partial charge on any atom is -0.330 e. The lowest BCUT2D eigenvalue weighted by Gasteiger charge is -2.31. The predicted octanol–water partition coefficient (Wildman–Crippen LogP) is 3.69. The van der Waals surface area contributed by atoms with E-state index in [1.54, 1.807) is 0 Å². The highest BCUT2D eigenvalue weighted by Gasteiger charge is 2.35. The maximum absolute atomic E-state index is 6.11. The van der Waals surface area contributed by atoms with E-state index in [4.69, 9.17) is 5.73 Å². The first kappa shape index (κ1) is 12.6. The Labute approximate surface area is 105 Å². The highest BCUT2D eigenvalue weighted by Crippen LogP contribution is 2.43. The van der Waals surface area contributed by atoms with E-state index in [-0.39, 0.29) is 5.41 Å². The predicted molar refractivity (Wildman–Crippen MR) is 74.6 cm³/mol. The SMILES string of the molecule is Cc1cc(C2(CN)CCCC2)c(C)c(C)c1C. The third kappa shape index (κ3) is 1.91. The fourth-order valence-electron chi connectivity index (χ4n) is 3.40. The minimum atomic E-state index is 0.271. The summed E-state index contributed by atoms with van der Waals surface area (Å²) in [6.07, 6.45) is 5.21. The van der Waals surface area contributed by atoms with Gasteiger partial charge in [0.25, 0.3) is 0 Å². The molecule has 0 unspecified atom stereocenters. The van der Waals surface area contributed by atoms with Crippen LogP contribution in [0.3, 0.4) is 0 Å². The van der Waals surface area contributed by atoms with E-state index in [0.29, 0.717) is 0 Å². The molecule has 0 heterocycles. The molecule has 2 rings (SSSR count). The average molecular weight is 231 g/mol. The Balaban J connectivity index is 2.59. The van der Waals surface area contributed by atoms with Gasteiger partial charge in [-0.25, -0.2) is 0 Å². The van der Waals surface area contributed by atoms with Gasteiger partial charge in [0.15, 0.2) is 0 Å². The molecule has 0 saturated heterocycles. The molecule has 1 aromatic carbocycles. The van der Waals surface area contributed by atoms with Crippen molar-refractivity contribution in [1.29, 1.82) is 0 Å². The van der Waals surface area contributed by atoms with Crippen LogP contribution in [0.4, 0.5) is 0 Å². The molecular weight excluding hydrogens is 206 g/mol. The summed E-state index contributed by atoms with van der Waals surface area (Å²) >= 11 is 0. The van der Waals surface area contributed by atoms with Gasteiger partial charge in [-0.05, 0) is 68.4 Å². The van der Waals surface area contributed by atoms with Crippen molar-refractivity contribution in [2.45, 2.75) is 58.8 Å². The van der Waals surface area contributed by atoms with Gasteiger partial charge in [0, 0.05) is 12.0 Å². The second kappa shape index (κ2) is 4.45. The van der Waals surface area contributed by atoms with Gasteiger partial charge in [0.05, 0.1) is 0 Å². The maximum Gasteiger partial charge on any atom is 0.00783 e. The molecule has 1 heteroatoms. The van der Waals surface area contributed by atoms with Crippen molar-refractivity contribution in [1.82, 2.24) is 0 Å². The molecule has 1 saturated carbocycles. The Kier molecular flexibility index (Phi) is 3.31. The average Bonchev–Trinajstić information content (AvgIpc) is 2.81. The molecule has 1 aromatic rings. The Morgan fingerprint density at radius 1 is 1.00 bits per heavy atom. The van der Waals surface area contributed by atoms with Crippen LogP contribution in [0.2, 0.25) is 0 Å². The van der Waals surface area contributed by atoms with Crippen LogP contribution in [0, 0.1) is 27.7 Å². The van der Waals surface area contributed by atoms with Gasteiger partial charge >= 0.3 is 0 Å². The first-order valence-electron chi connectivity index (χ1n) is 6.80. The van der Waals surface area contributed by atoms with Gasteiger partial charge in [-0.1, -0.05) is 18.9 Å². The lowest BCUT2D eigenvalue weighted by atomic mass is 9.74. The van der Waals surface area contributed by atoms with Crippen LogP contribution in [-0.4, -0.2) is 6.54 Å². The topological polar surface area (TPSA) is 26.0 Å². The van der Waals surface area contributed by atoms with Crippen LogP contribution in [0.15, 0.2) is 6.07 Å². The molecule has 0 aromatic heterocycles. The minimum absolute atomic E-state index is 0.271. The molecule has 17 heavy (non-hydrogen) atoms. The fraction of sp³-hybridized carbons (Fsp3) is 0.625. The molecule has 0 amide bonds. The number of benzene rings is 1. The Hall–Kier alpha value is -0.820. The normalized spacial score (nSPS) is 18.6. The molecule has 0 atom stereocenters. The summed E-state index contributed by atoms with van der Waals surface area (Å²) in [4.78, 5) is 0. The molecule has 1 fully saturated rings. The van der Waals surface area contributed by atoms with Crippen molar-refractivity contribution in [2.75, 3.05) is 6.54 Å². The lowest BCUT2D eigenvalue weighted by molar-refractivity contribution is 0.450. The van der Waals surface area contributed by atoms with Crippen LogP contribution in [-0.2, 0) is 5.41 Å². The summed E-state index contributed by atoms with van der Waals surface area (Å²) < 4.78 is 0. The van der Waals surface area contributed by atoms with Crippen LogP contribution in [0.5, 0.6) is 0 Å². The van der Waals surface area contributed by atoms with E-state index in [2.05, 4.69) is 33.8 Å². The Bertz CT molecular complexity index is 426. The molecule has 0 bridgehead atoms. The van der Waals surface area contributed by atoms with Crippen molar-refractivity contribution in [3.05, 3.63) is 33.9 Å². The molecule has 1 nitrogen and oxygen atoms in total. The standard InChI is InChI=1S/C16H25N/c1-11-9-15(14(4)13(3)12(11)2)16(10-17)7-5-6-8-16/h9H,5-8,10,17H2,1-4H3. The lowest BCUT2D eigenvalue weighted by Crippen LogP contribution is -2.33. The summed E-state index contributed by atoms with van der Waals surface area (Å²) in [5.74, 6) is 0. The molecular formula is C16H25N. The number of hydrogen-bond donors (Lipinski definition) is 1. The first-order chi connectivity index (χ1) is 8.02. The summed E-state index contributed by atoms with van der Waals surface area (Å²) in [6, 6.07) is 2.40. The zero-order chi connectivity index (χ0) is 12.6. The highest BCUT2D eigenvalue weighted by molar-refractivity contribution is 5.47. The van der Waals surface area contributed by atoms with Crippen molar-refractivity contribution < 1.29 is 0 Å². The molecule has 0 radical (unpaired) electrons. The van der Waals surface area contributed by atoms with Crippen molar-refractivity contribution in [2.24, 2.45) is 5.73 Å². The molecule has 1 aliphatic rings. The van der Waals surface area contributed by atoms with Gasteiger partial charge in [0.2, 0.25) is 0 Å². The molecule has 0 spiro atoms. The van der Waals surface area contributed by atoms with Gasteiger partial charge < -0.3 is 5.73 Å². The van der Waals surface area contributed by atoms with Gasteiger partial charge in [-0.15, -0.1) is 0 Å². The van der Waals surface area contributed by atoms with Gasteiger partial charge in [-0.2, -0.15) is 0 Å². The summed E-state index contributed by atoms with van der Waals surface area (Å²) in [5, 5.41) is 0. The number of rotatable bonds is 2. The third-order valence-corrected chi connectivity index (χ3v) is 5.00. The zero-order valence-electron chi connectivity index (χ0n) is 11.7. The maximum atomic E-state index is 6.11. The second-order valence-corrected chi connectivity index (χ2v) is 5.81. The van der Waals surface area contributed by atoms with Gasteiger partial charge in [0.1, 0.15) is 0 Å². The van der Waals surface area contributed by atoms with Crippen molar-refractivity contribution in [3.8, 4) is 0 Å². The highest BCUT2D eigenvalue weighted by atomic mass is 14.6. The zero-order valence-corrected chi connectivity index (χ0v) is 11.7. The van der Waals surface area contributed by atoms with Crippen LogP contribution < -0.4 is 5.73 Å².